The van der Waals surface area contributed by atoms with Gasteiger partial charge in [-0.3, -0.25) is 4.79 Å². The molecule has 0 saturated heterocycles. The smallest absolute Gasteiger partial charge is 0.246 e. The van der Waals surface area contributed by atoms with E-state index in [0.29, 0.717) is 11.7 Å². The molecular formula is C19H24N2O2. The number of methoxy groups -OCH3 is 1. The van der Waals surface area contributed by atoms with Gasteiger partial charge in [-0.25, -0.2) is 0 Å². The van der Waals surface area contributed by atoms with Gasteiger partial charge >= 0.3 is 0 Å². The predicted molar refractivity (Wildman–Crippen MR) is 93.6 cm³/mol. The first-order chi connectivity index (χ1) is 11.1. The normalized spacial score (nSPS) is 12.0. The minimum absolute atomic E-state index is 0.0786. The fraction of sp³-hybridized carbons (Fsp3) is 0.316. The number of anilines is 1. The van der Waals surface area contributed by atoms with Crippen molar-refractivity contribution in [1.82, 2.24) is 5.32 Å². The van der Waals surface area contributed by atoms with E-state index in [4.69, 9.17) is 4.74 Å². The number of carbonyl (C=O) groups is 1. The van der Waals surface area contributed by atoms with E-state index in [9.17, 15) is 4.79 Å². The quantitative estimate of drug-likeness (QED) is 0.821. The first-order valence-electron chi connectivity index (χ1n) is 7.83. The summed E-state index contributed by atoms with van der Waals surface area (Å²) in [5.74, 6) is 1.10. The Kier molecular flexibility index (Phi) is 6.18. The first kappa shape index (κ1) is 17.0. The SMILES string of the molecule is COc1cccc(NC(=O)[C@H](NCC(C)C)c2ccccc2)c1. The monoisotopic (exact) mass is 312 g/mol. The number of amides is 1. The van der Waals surface area contributed by atoms with Crippen LogP contribution in [0.25, 0.3) is 0 Å². The molecule has 23 heavy (non-hydrogen) atoms. The molecule has 0 fully saturated rings. The van der Waals surface area contributed by atoms with Crippen molar-refractivity contribution in [3.8, 4) is 5.75 Å². The topological polar surface area (TPSA) is 50.4 Å². The summed E-state index contributed by atoms with van der Waals surface area (Å²) in [7, 11) is 1.61. The summed E-state index contributed by atoms with van der Waals surface area (Å²) in [6, 6.07) is 16.7. The Hall–Kier alpha value is -2.33. The maximum absolute atomic E-state index is 12.7. The highest BCUT2D eigenvalue weighted by atomic mass is 16.5. The molecule has 0 unspecified atom stereocenters. The van der Waals surface area contributed by atoms with Gasteiger partial charge in [0.15, 0.2) is 0 Å². The van der Waals surface area contributed by atoms with Crippen LogP contribution in [0.4, 0.5) is 5.69 Å². The molecule has 1 amide bonds. The molecule has 4 nitrogen and oxygen atoms in total. The highest BCUT2D eigenvalue weighted by molar-refractivity contribution is 5.95. The Balaban J connectivity index is 2.15. The van der Waals surface area contributed by atoms with Gasteiger partial charge < -0.3 is 15.4 Å². The minimum Gasteiger partial charge on any atom is -0.497 e. The lowest BCUT2D eigenvalue weighted by Crippen LogP contribution is -2.35. The zero-order valence-corrected chi connectivity index (χ0v) is 13.9. The van der Waals surface area contributed by atoms with Crippen molar-refractivity contribution in [1.29, 1.82) is 0 Å². The second-order valence-corrected chi connectivity index (χ2v) is 5.87. The minimum atomic E-state index is -0.384. The number of benzene rings is 2. The van der Waals surface area contributed by atoms with E-state index >= 15 is 0 Å². The van der Waals surface area contributed by atoms with Crippen LogP contribution in [0.2, 0.25) is 0 Å². The molecule has 0 aromatic heterocycles. The molecule has 2 rings (SSSR count). The van der Waals surface area contributed by atoms with E-state index in [1.807, 2.05) is 54.6 Å². The van der Waals surface area contributed by atoms with Gasteiger partial charge in [-0.2, -0.15) is 0 Å². The Bertz CT molecular complexity index is 626. The second kappa shape index (κ2) is 8.34. The van der Waals surface area contributed by atoms with Crippen molar-refractivity contribution >= 4 is 11.6 Å². The number of ether oxygens (including phenoxy) is 1. The van der Waals surface area contributed by atoms with Gasteiger partial charge in [-0.1, -0.05) is 50.2 Å². The molecule has 0 saturated carbocycles. The van der Waals surface area contributed by atoms with E-state index in [1.165, 1.54) is 0 Å². The van der Waals surface area contributed by atoms with E-state index in [-0.39, 0.29) is 11.9 Å². The molecule has 0 spiro atoms. The summed E-state index contributed by atoms with van der Waals surface area (Å²) in [5, 5.41) is 6.30. The largest absolute Gasteiger partial charge is 0.497 e. The standard InChI is InChI=1S/C19H24N2O2/c1-14(2)13-20-18(15-8-5-4-6-9-15)19(22)21-16-10-7-11-17(12-16)23-3/h4-12,14,18,20H,13H2,1-3H3,(H,21,22)/t18-/m1/s1. The molecule has 0 aliphatic rings. The molecular weight excluding hydrogens is 288 g/mol. The zero-order chi connectivity index (χ0) is 16.7. The van der Waals surface area contributed by atoms with Gasteiger partial charge in [0.1, 0.15) is 11.8 Å². The average Bonchev–Trinajstić information content (AvgIpc) is 2.56. The van der Waals surface area contributed by atoms with Crippen LogP contribution in [0.5, 0.6) is 5.75 Å². The Morgan fingerprint density at radius 1 is 1.09 bits per heavy atom. The summed E-state index contributed by atoms with van der Waals surface area (Å²) in [6.07, 6.45) is 0. The van der Waals surface area contributed by atoms with Crippen LogP contribution < -0.4 is 15.4 Å². The maximum Gasteiger partial charge on any atom is 0.246 e. The second-order valence-electron chi connectivity index (χ2n) is 5.87. The number of hydrogen-bond acceptors (Lipinski definition) is 3. The van der Waals surface area contributed by atoms with Crippen LogP contribution in [0.1, 0.15) is 25.5 Å². The van der Waals surface area contributed by atoms with Crippen molar-refractivity contribution in [3.63, 3.8) is 0 Å². The molecule has 2 aromatic rings. The van der Waals surface area contributed by atoms with Gasteiger partial charge in [0, 0.05) is 11.8 Å². The maximum atomic E-state index is 12.7. The van der Waals surface area contributed by atoms with Crippen LogP contribution >= 0.6 is 0 Å². The molecule has 2 N–H and O–H groups in total. The lowest BCUT2D eigenvalue weighted by Gasteiger charge is -2.20. The first-order valence-corrected chi connectivity index (χ1v) is 7.83. The molecule has 0 bridgehead atoms. The van der Waals surface area contributed by atoms with E-state index in [0.717, 1.165) is 17.8 Å². The Morgan fingerprint density at radius 3 is 2.48 bits per heavy atom. The van der Waals surface area contributed by atoms with E-state index in [2.05, 4.69) is 24.5 Å². The number of nitrogens with one attached hydrogen (secondary N) is 2. The highest BCUT2D eigenvalue weighted by Gasteiger charge is 2.20. The summed E-state index contributed by atoms with van der Waals surface area (Å²) in [6.45, 7) is 5.01. The average molecular weight is 312 g/mol. The van der Waals surface area contributed by atoms with Crippen molar-refractivity contribution in [3.05, 3.63) is 60.2 Å². The van der Waals surface area contributed by atoms with Crippen LogP contribution in [-0.2, 0) is 4.79 Å². The van der Waals surface area contributed by atoms with Crippen molar-refractivity contribution in [2.75, 3.05) is 19.0 Å². The molecule has 4 heteroatoms. The van der Waals surface area contributed by atoms with E-state index in [1.54, 1.807) is 7.11 Å². The third-order valence-corrected chi connectivity index (χ3v) is 3.46. The van der Waals surface area contributed by atoms with Crippen LogP contribution in [-0.4, -0.2) is 19.6 Å². The van der Waals surface area contributed by atoms with Crippen LogP contribution in [0.15, 0.2) is 54.6 Å². The third-order valence-electron chi connectivity index (χ3n) is 3.46. The van der Waals surface area contributed by atoms with Gasteiger partial charge in [0.05, 0.1) is 7.11 Å². The van der Waals surface area contributed by atoms with Gasteiger partial charge in [0.25, 0.3) is 0 Å². The molecule has 1 atom stereocenters. The highest BCUT2D eigenvalue weighted by Crippen LogP contribution is 2.20. The Morgan fingerprint density at radius 2 is 1.83 bits per heavy atom. The van der Waals surface area contributed by atoms with Gasteiger partial charge in [-0.05, 0) is 30.2 Å². The van der Waals surface area contributed by atoms with Gasteiger partial charge in [-0.15, -0.1) is 0 Å². The van der Waals surface area contributed by atoms with Crippen molar-refractivity contribution in [2.24, 2.45) is 5.92 Å². The summed E-state index contributed by atoms with van der Waals surface area (Å²) in [5.41, 5.74) is 1.68. The summed E-state index contributed by atoms with van der Waals surface area (Å²) in [4.78, 5) is 12.7. The molecule has 0 radical (unpaired) electrons. The summed E-state index contributed by atoms with van der Waals surface area (Å²) < 4.78 is 5.19. The number of rotatable bonds is 7. The number of hydrogen-bond donors (Lipinski definition) is 2. The van der Waals surface area contributed by atoms with Crippen molar-refractivity contribution in [2.45, 2.75) is 19.9 Å². The molecule has 0 aliphatic carbocycles. The molecule has 122 valence electrons. The molecule has 0 heterocycles. The molecule has 0 aliphatic heterocycles. The fourth-order valence-corrected chi connectivity index (χ4v) is 2.28. The van der Waals surface area contributed by atoms with E-state index < -0.39 is 0 Å². The fourth-order valence-electron chi connectivity index (χ4n) is 2.28. The predicted octanol–water partition coefficient (Wildman–Crippen LogP) is 3.62. The van der Waals surface area contributed by atoms with Gasteiger partial charge in [0.2, 0.25) is 5.91 Å². The third kappa shape index (κ3) is 5.11. The Labute approximate surface area is 137 Å². The summed E-state index contributed by atoms with van der Waals surface area (Å²) >= 11 is 0. The van der Waals surface area contributed by atoms with Crippen molar-refractivity contribution < 1.29 is 9.53 Å². The molecule has 2 aromatic carbocycles. The number of carbonyl (C=O) groups excluding carboxylic acids is 1. The zero-order valence-electron chi connectivity index (χ0n) is 13.9. The lowest BCUT2D eigenvalue weighted by atomic mass is 10.0. The van der Waals surface area contributed by atoms with Crippen LogP contribution in [0, 0.1) is 5.92 Å². The lowest BCUT2D eigenvalue weighted by molar-refractivity contribution is -0.118. The van der Waals surface area contributed by atoms with Crippen LogP contribution in [0.3, 0.4) is 0 Å².